The normalized spacial score (nSPS) is 31.2. The number of halogens is 1. The maximum atomic E-state index is 14.6. The molecule has 0 spiro atoms. The Balaban J connectivity index is 2.11. The molecule has 1 aromatic carbocycles. The van der Waals surface area contributed by atoms with Crippen LogP contribution in [0.15, 0.2) is 18.2 Å². The molecule has 7 nitrogen and oxygen atoms in total. The SMILES string of the molecule is COC(=O)[C@]1(C)N[C@H](c2ccc(OC)cc2F)[C@@H]2C(=O)N(C)C(=O)[C@@H]21. The molecule has 1 aromatic rings. The Hall–Kier alpha value is -2.48. The molecule has 0 unspecified atom stereocenters. The maximum absolute atomic E-state index is 14.6. The first kappa shape index (κ1) is 17.3. The van der Waals surface area contributed by atoms with E-state index in [0.29, 0.717) is 5.75 Å². The second-order valence-electron chi connectivity index (χ2n) is 6.44. The summed E-state index contributed by atoms with van der Waals surface area (Å²) >= 11 is 0. The number of hydrogen-bond acceptors (Lipinski definition) is 6. The van der Waals surface area contributed by atoms with Gasteiger partial charge in [0.1, 0.15) is 17.1 Å². The molecular formula is C17H19FN2O5. The number of likely N-dealkylation sites (tertiary alicyclic amines) is 1. The molecule has 0 saturated carbocycles. The van der Waals surface area contributed by atoms with Crippen molar-refractivity contribution >= 4 is 17.8 Å². The molecule has 0 bridgehead atoms. The summed E-state index contributed by atoms with van der Waals surface area (Å²) in [4.78, 5) is 38.4. The molecule has 2 fully saturated rings. The summed E-state index contributed by atoms with van der Waals surface area (Å²) in [6.07, 6.45) is 0. The number of methoxy groups -OCH3 is 2. The van der Waals surface area contributed by atoms with Crippen LogP contribution in [0.2, 0.25) is 0 Å². The van der Waals surface area contributed by atoms with E-state index in [4.69, 9.17) is 9.47 Å². The van der Waals surface area contributed by atoms with Gasteiger partial charge in [-0.1, -0.05) is 6.07 Å². The average molecular weight is 350 g/mol. The molecule has 0 radical (unpaired) electrons. The van der Waals surface area contributed by atoms with E-state index in [2.05, 4.69) is 5.32 Å². The molecular weight excluding hydrogens is 331 g/mol. The van der Waals surface area contributed by atoms with Crippen molar-refractivity contribution in [2.75, 3.05) is 21.3 Å². The van der Waals surface area contributed by atoms with Gasteiger partial charge in [-0.25, -0.2) is 4.39 Å². The zero-order valence-corrected chi connectivity index (χ0v) is 14.3. The number of nitrogens with one attached hydrogen (secondary N) is 1. The molecule has 2 aliphatic heterocycles. The van der Waals surface area contributed by atoms with Crippen molar-refractivity contribution in [3.8, 4) is 5.75 Å². The summed E-state index contributed by atoms with van der Waals surface area (Å²) in [6, 6.07) is 3.42. The fraction of sp³-hybridized carbons (Fsp3) is 0.471. The van der Waals surface area contributed by atoms with Crippen LogP contribution in [0.25, 0.3) is 0 Å². The van der Waals surface area contributed by atoms with E-state index in [9.17, 15) is 18.8 Å². The lowest BCUT2D eigenvalue weighted by atomic mass is 9.80. The molecule has 2 saturated heterocycles. The third kappa shape index (κ3) is 2.31. The van der Waals surface area contributed by atoms with Gasteiger partial charge in [0, 0.05) is 24.7 Å². The summed E-state index contributed by atoms with van der Waals surface area (Å²) in [7, 11) is 3.99. The fourth-order valence-corrected chi connectivity index (χ4v) is 3.84. The Labute approximate surface area is 144 Å². The van der Waals surface area contributed by atoms with Crippen molar-refractivity contribution in [2.24, 2.45) is 11.8 Å². The van der Waals surface area contributed by atoms with E-state index in [1.165, 1.54) is 40.3 Å². The van der Waals surface area contributed by atoms with Gasteiger partial charge >= 0.3 is 5.97 Å². The van der Waals surface area contributed by atoms with Gasteiger partial charge in [0.05, 0.1) is 26.1 Å². The highest BCUT2D eigenvalue weighted by Crippen LogP contribution is 2.49. The van der Waals surface area contributed by atoms with Crippen molar-refractivity contribution < 1.29 is 28.2 Å². The van der Waals surface area contributed by atoms with Gasteiger partial charge in [-0.05, 0) is 13.0 Å². The molecule has 2 aliphatic rings. The van der Waals surface area contributed by atoms with Gasteiger partial charge in [0.25, 0.3) is 0 Å². The van der Waals surface area contributed by atoms with E-state index in [1.54, 1.807) is 6.07 Å². The van der Waals surface area contributed by atoms with E-state index >= 15 is 0 Å². The highest BCUT2D eigenvalue weighted by Gasteiger charge is 2.66. The highest BCUT2D eigenvalue weighted by molar-refractivity contribution is 6.09. The third-order valence-corrected chi connectivity index (χ3v) is 5.16. The van der Waals surface area contributed by atoms with Crippen molar-refractivity contribution in [1.29, 1.82) is 0 Å². The summed E-state index contributed by atoms with van der Waals surface area (Å²) in [5, 5.41) is 2.97. The van der Waals surface area contributed by atoms with Crippen LogP contribution in [0.4, 0.5) is 4.39 Å². The first-order chi connectivity index (χ1) is 11.8. The second-order valence-corrected chi connectivity index (χ2v) is 6.44. The molecule has 3 rings (SSSR count). The summed E-state index contributed by atoms with van der Waals surface area (Å²) < 4.78 is 24.4. The summed E-state index contributed by atoms with van der Waals surface area (Å²) in [6.45, 7) is 1.50. The summed E-state index contributed by atoms with van der Waals surface area (Å²) in [5.74, 6) is -3.69. The van der Waals surface area contributed by atoms with Crippen molar-refractivity contribution in [1.82, 2.24) is 10.2 Å². The van der Waals surface area contributed by atoms with Crippen LogP contribution in [0, 0.1) is 17.7 Å². The van der Waals surface area contributed by atoms with Crippen LogP contribution in [0.5, 0.6) is 5.75 Å². The number of esters is 1. The number of amides is 2. The van der Waals surface area contributed by atoms with Crippen molar-refractivity contribution in [3.05, 3.63) is 29.6 Å². The largest absolute Gasteiger partial charge is 0.497 e. The number of carbonyl (C=O) groups is 3. The zero-order chi connectivity index (χ0) is 18.5. The van der Waals surface area contributed by atoms with E-state index in [1.807, 2.05) is 0 Å². The maximum Gasteiger partial charge on any atom is 0.326 e. The van der Waals surface area contributed by atoms with Gasteiger partial charge in [0.2, 0.25) is 11.8 Å². The topological polar surface area (TPSA) is 84.9 Å². The lowest BCUT2D eigenvalue weighted by molar-refractivity contribution is -0.152. The first-order valence-corrected chi connectivity index (χ1v) is 7.77. The van der Waals surface area contributed by atoms with Crippen LogP contribution < -0.4 is 10.1 Å². The lowest BCUT2D eigenvalue weighted by Gasteiger charge is -2.27. The number of imide groups is 1. The smallest absolute Gasteiger partial charge is 0.326 e. The van der Waals surface area contributed by atoms with Crippen LogP contribution in [-0.2, 0) is 19.1 Å². The molecule has 0 aliphatic carbocycles. The van der Waals surface area contributed by atoms with Gasteiger partial charge in [0.15, 0.2) is 0 Å². The van der Waals surface area contributed by atoms with Gasteiger partial charge in [-0.2, -0.15) is 0 Å². The highest BCUT2D eigenvalue weighted by atomic mass is 19.1. The molecule has 134 valence electrons. The quantitative estimate of drug-likeness (QED) is 0.636. The minimum absolute atomic E-state index is 0.194. The number of rotatable bonds is 3. The fourth-order valence-electron chi connectivity index (χ4n) is 3.84. The van der Waals surface area contributed by atoms with E-state index < -0.39 is 47.0 Å². The minimum Gasteiger partial charge on any atom is -0.497 e. The monoisotopic (exact) mass is 350 g/mol. The Morgan fingerprint density at radius 1 is 1.28 bits per heavy atom. The van der Waals surface area contributed by atoms with Crippen molar-refractivity contribution in [3.63, 3.8) is 0 Å². The van der Waals surface area contributed by atoms with Gasteiger partial charge in [-0.3, -0.25) is 24.6 Å². The Bertz CT molecular complexity index is 767. The molecule has 25 heavy (non-hydrogen) atoms. The molecule has 2 heterocycles. The van der Waals surface area contributed by atoms with Crippen LogP contribution >= 0.6 is 0 Å². The standard InChI is InChI=1S/C17H19FN2O5/c1-17(16(23)25-4)12-11(14(21)20(2)15(12)22)13(19-17)9-6-5-8(24-3)7-10(9)18/h5-7,11-13,19H,1-4H3/t11-,12-,13-,17-/m1/s1. The predicted molar refractivity (Wildman–Crippen MR) is 84.0 cm³/mol. The van der Waals surface area contributed by atoms with E-state index in [0.717, 1.165) is 4.90 Å². The van der Waals surface area contributed by atoms with E-state index in [-0.39, 0.29) is 5.56 Å². The summed E-state index contributed by atoms with van der Waals surface area (Å²) in [5.41, 5.74) is -1.23. The number of hydrogen-bond donors (Lipinski definition) is 1. The Kier molecular flexibility index (Phi) is 4.03. The Morgan fingerprint density at radius 3 is 2.52 bits per heavy atom. The predicted octanol–water partition coefficient (Wildman–Crippen LogP) is 0.641. The molecule has 2 amide bonds. The lowest BCUT2D eigenvalue weighted by Crippen LogP contribution is -2.53. The Morgan fingerprint density at radius 2 is 1.96 bits per heavy atom. The second kappa shape index (κ2) is 5.80. The number of benzene rings is 1. The van der Waals surface area contributed by atoms with Crippen LogP contribution in [-0.4, -0.2) is 49.5 Å². The van der Waals surface area contributed by atoms with Crippen LogP contribution in [0.3, 0.4) is 0 Å². The number of nitrogens with zero attached hydrogens (tertiary/aromatic N) is 1. The minimum atomic E-state index is -1.42. The third-order valence-electron chi connectivity index (χ3n) is 5.16. The number of carbonyl (C=O) groups excluding carboxylic acids is 3. The molecule has 8 heteroatoms. The number of ether oxygens (including phenoxy) is 2. The molecule has 1 N–H and O–H groups in total. The molecule has 0 aromatic heterocycles. The van der Waals surface area contributed by atoms with Gasteiger partial charge in [-0.15, -0.1) is 0 Å². The van der Waals surface area contributed by atoms with Crippen LogP contribution in [0.1, 0.15) is 18.5 Å². The number of fused-ring (bicyclic) bond motifs is 1. The average Bonchev–Trinajstić information content (AvgIpc) is 3.03. The molecule has 4 atom stereocenters. The van der Waals surface area contributed by atoms with Crippen molar-refractivity contribution in [2.45, 2.75) is 18.5 Å². The zero-order valence-electron chi connectivity index (χ0n) is 14.3. The van der Waals surface area contributed by atoms with Gasteiger partial charge < -0.3 is 9.47 Å². The first-order valence-electron chi connectivity index (χ1n) is 7.77.